The highest BCUT2D eigenvalue weighted by Gasteiger charge is 2.27. The summed E-state index contributed by atoms with van der Waals surface area (Å²) in [6, 6.07) is 20.5. The van der Waals surface area contributed by atoms with Crippen LogP contribution in [-0.4, -0.2) is 23.9 Å². The maximum atomic E-state index is 12.5. The number of rotatable bonds is 3. The van der Waals surface area contributed by atoms with Crippen molar-refractivity contribution in [1.29, 1.82) is 0 Å². The molecule has 1 heterocycles. The molecule has 1 aliphatic rings. The van der Waals surface area contributed by atoms with Crippen LogP contribution in [0.4, 0.5) is 0 Å². The van der Waals surface area contributed by atoms with Crippen LogP contribution in [-0.2, 0) is 4.79 Å². The maximum Gasteiger partial charge on any atom is 0.244 e. The molecule has 2 aromatic rings. The average Bonchev–Trinajstić information content (AvgIpc) is 2.62. The minimum Gasteiger partial charge on any atom is -0.341 e. The van der Waals surface area contributed by atoms with Crippen molar-refractivity contribution >= 4 is 5.91 Å². The number of hydrogen-bond donors (Lipinski definition) is 1. The summed E-state index contributed by atoms with van der Waals surface area (Å²) in [7, 11) is 0. The molecule has 0 unspecified atom stereocenters. The zero-order chi connectivity index (χ0) is 15.4. The second-order valence-corrected chi connectivity index (χ2v) is 5.81. The van der Waals surface area contributed by atoms with Crippen LogP contribution in [0.25, 0.3) is 0 Å². The van der Waals surface area contributed by atoms with Gasteiger partial charge in [-0.3, -0.25) is 4.79 Å². The monoisotopic (exact) mass is 293 g/mol. The molecule has 0 aliphatic carbocycles. The van der Waals surface area contributed by atoms with Gasteiger partial charge in [-0.1, -0.05) is 54.6 Å². The SMILES string of the molecule is N[C@@H](C(=O)N1CCC(c2[c]cccc2)CC1)c1ccccc1. The molecule has 1 radical (unpaired) electrons. The minimum absolute atomic E-state index is 0.0293. The Morgan fingerprint density at radius 1 is 1.09 bits per heavy atom. The van der Waals surface area contributed by atoms with E-state index >= 15 is 0 Å². The van der Waals surface area contributed by atoms with Crippen molar-refractivity contribution in [2.45, 2.75) is 24.8 Å². The third-order valence-electron chi connectivity index (χ3n) is 4.40. The maximum absolute atomic E-state index is 12.5. The lowest BCUT2D eigenvalue weighted by molar-refractivity contribution is -0.133. The van der Waals surface area contributed by atoms with Crippen molar-refractivity contribution in [2.24, 2.45) is 5.73 Å². The summed E-state index contributed by atoms with van der Waals surface area (Å²) in [5, 5.41) is 0. The zero-order valence-corrected chi connectivity index (χ0v) is 12.6. The number of benzene rings is 2. The van der Waals surface area contributed by atoms with Crippen LogP contribution in [0, 0.1) is 6.07 Å². The van der Waals surface area contributed by atoms with Gasteiger partial charge in [-0.2, -0.15) is 0 Å². The van der Waals surface area contributed by atoms with Gasteiger partial charge in [0.15, 0.2) is 0 Å². The van der Waals surface area contributed by atoms with Crippen LogP contribution in [0.15, 0.2) is 54.6 Å². The second kappa shape index (κ2) is 6.75. The Kier molecular flexibility index (Phi) is 4.54. The molecule has 1 saturated heterocycles. The van der Waals surface area contributed by atoms with Gasteiger partial charge in [-0.05, 0) is 36.0 Å². The lowest BCUT2D eigenvalue weighted by Gasteiger charge is -2.33. The van der Waals surface area contributed by atoms with Crippen LogP contribution < -0.4 is 5.73 Å². The van der Waals surface area contributed by atoms with Crippen LogP contribution in [0.3, 0.4) is 0 Å². The predicted octanol–water partition coefficient (Wildman–Crippen LogP) is 2.89. The van der Waals surface area contributed by atoms with Gasteiger partial charge < -0.3 is 10.6 Å². The summed E-state index contributed by atoms with van der Waals surface area (Å²) in [6.07, 6.45) is 1.96. The molecule has 1 amide bonds. The molecule has 0 saturated carbocycles. The molecule has 1 aliphatic heterocycles. The highest BCUT2D eigenvalue weighted by Crippen LogP contribution is 2.28. The van der Waals surface area contributed by atoms with Crippen molar-refractivity contribution in [3.8, 4) is 0 Å². The summed E-state index contributed by atoms with van der Waals surface area (Å²) in [4.78, 5) is 14.4. The highest BCUT2D eigenvalue weighted by atomic mass is 16.2. The molecule has 1 fully saturated rings. The zero-order valence-electron chi connectivity index (χ0n) is 12.6. The summed E-state index contributed by atoms with van der Waals surface area (Å²) >= 11 is 0. The molecule has 113 valence electrons. The van der Waals surface area contributed by atoms with E-state index in [9.17, 15) is 4.79 Å². The number of piperidine rings is 1. The smallest absolute Gasteiger partial charge is 0.244 e. The summed E-state index contributed by atoms with van der Waals surface area (Å²) in [5.74, 6) is 0.528. The number of nitrogens with two attached hydrogens (primary N) is 1. The Hall–Kier alpha value is -2.13. The summed E-state index contributed by atoms with van der Waals surface area (Å²) in [5.41, 5.74) is 8.25. The van der Waals surface area contributed by atoms with Crippen molar-refractivity contribution in [2.75, 3.05) is 13.1 Å². The lowest BCUT2D eigenvalue weighted by atomic mass is 9.89. The van der Waals surface area contributed by atoms with E-state index in [1.165, 1.54) is 5.56 Å². The van der Waals surface area contributed by atoms with Crippen molar-refractivity contribution < 1.29 is 4.79 Å². The van der Waals surface area contributed by atoms with Crippen molar-refractivity contribution in [1.82, 2.24) is 4.90 Å². The van der Waals surface area contributed by atoms with E-state index < -0.39 is 6.04 Å². The highest BCUT2D eigenvalue weighted by molar-refractivity contribution is 5.83. The van der Waals surface area contributed by atoms with Gasteiger partial charge in [0, 0.05) is 13.1 Å². The summed E-state index contributed by atoms with van der Waals surface area (Å²) < 4.78 is 0. The molecule has 1 atom stereocenters. The van der Waals surface area contributed by atoms with Crippen LogP contribution in [0.5, 0.6) is 0 Å². The van der Waals surface area contributed by atoms with E-state index in [0.717, 1.165) is 31.5 Å². The molecule has 3 nitrogen and oxygen atoms in total. The molecule has 22 heavy (non-hydrogen) atoms. The Labute approximate surface area is 131 Å². The first-order chi connectivity index (χ1) is 10.8. The van der Waals surface area contributed by atoms with Gasteiger partial charge in [0.1, 0.15) is 6.04 Å². The van der Waals surface area contributed by atoms with Crippen LogP contribution in [0.2, 0.25) is 0 Å². The van der Waals surface area contributed by atoms with E-state index in [1.807, 2.05) is 47.4 Å². The van der Waals surface area contributed by atoms with Gasteiger partial charge in [0.05, 0.1) is 0 Å². The lowest BCUT2D eigenvalue weighted by Crippen LogP contribution is -2.42. The molecular weight excluding hydrogens is 272 g/mol. The van der Waals surface area contributed by atoms with E-state index in [2.05, 4.69) is 18.2 Å². The van der Waals surface area contributed by atoms with Gasteiger partial charge >= 0.3 is 0 Å². The van der Waals surface area contributed by atoms with E-state index in [-0.39, 0.29) is 5.91 Å². The molecule has 0 aromatic heterocycles. The minimum atomic E-state index is -0.555. The largest absolute Gasteiger partial charge is 0.341 e. The third kappa shape index (κ3) is 3.20. The van der Waals surface area contributed by atoms with E-state index in [0.29, 0.717) is 5.92 Å². The fourth-order valence-corrected chi connectivity index (χ4v) is 3.07. The number of hydrogen-bond acceptors (Lipinski definition) is 2. The summed E-state index contributed by atoms with van der Waals surface area (Å²) in [6.45, 7) is 1.54. The number of amides is 1. The number of carbonyl (C=O) groups is 1. The number of carbonyl (C=O) groups excluding carboxylic acids is 1. The third-order valence-corrected chi connectivity index (χ3v) is 4.40. The molecule has 0 spiro atoms. The first-order valence-corrected chi connectivity index (χ1v) is 7.81. The van der Waals surface area contributed by atoms with Gasteiger partial charge in [-0.15, -0.1) is 0 Å². The number of nitrogens with zero attached hydrogens (tertiary/aromatic N) is 1. The quantitative estimate of drug-likeness (QED) is 0.946. The van der Waals surface area contributed by atoms with Crippen molar-refractivity contribution in [3.05, 3.63) is 71.8 Å². The van der Waals surface area contributed by atoms with E-state index in [4.69, 9.17) is 5.73 Å². The molecule has 0 bridgehead atoms. The molecule has 3 heteroatoms. The van der Waals surface area contributed by atoms with Gasteiger partial charge in [0.25, 0.3) is 0 Å². The number of likely N-dealkylation sites (tertiary alicyclic amines) is 1. The second-order valence-electron chi connectivity index (χ2n) is 5.81. The Balaban J connectivity index is 1.60. The van der Waals surface area contributed by atoms with Gasteiger partial charge in [0.2, 0.25) is 5.91 Å². The molecule has 2 aromatic carbocycles. The van der Waals surface area contributed by atoms with Gasteiger partial charge in [-0.25, -0.2) is 0 Å². The van der Waals surface area contributed by atoms with Crippen molar-refractivity contribution in [3.63, 3.8) is 0 Å². The first kappa shape index (κ1) is 14.8. The van der Waals surface area contributed by atoms with Crippen LogP contribution >= 0.6 is 0 Å². The fraction of sp³-hybridized carbons (Fsp3) is 0.316. The Bertz CT molecular complexity index is 604. The Morgan fingerprint density at radius 2 is 1.77 bits per heavy atom. The van der Waals surface area contributed by atoms with E-state index in [1.54, 1.807) is 0 Å². The Morgan fingerprint density at radius 3 is 2.41 bits per heavy atom. The standard InChI is InChI=1S/C19H21N2O/c20-18(17-9-5-2-6-10-17)19(22)21-13-11-16(12-14-21)15-7-3-1-4-8-15/h1-7,9-10,16,18H,11-14,20H2/t18-/m1/s1. The average molecular weight is 293 g/mol. The van der Waals surface area contributed by atoms with Crippen LogP contribution in [0.1, 0.15) is 35.9 Å². The predicted molar refractivity (Wildman–Crippen MR) is 87.2 cm³/mol. The first-order valence-electron chi connectivity index (χ1n) is 7.81. The molecule has 3 rings (SSSR count). The topological polar surface area (TPSA) is 46.3 Å². The fourth-order valence-electron chi connectivity index (χ4n) is 3.07. The molecule has 2 N–H and O–H groups in total. The normalized spacial score (nSPS) is 17.2. The molecular formula is C19H21N2O.